The van der Waals surface area contributed by atoms with Gasteiger partial charge >= 0.3 is 0 Å². The second-order valence-corrected chi connectivity index (χ2v) is 7.31. The molecular formula is C24H20N4O2. The zero-order valence-corrected chi connectivity index (χ0v) is 16.3. The molecular weight excluding hydrogens is 376 g/mol. The lowest BCUT2D eigenvalue weighted by Gasteiger charge is -2.06. The molecule has 4 aromatic rings. The van der Waals surface area contributed by atoms with Gasteiger partial charge in [-0.05, 0) is 18.1 Å². The Labute approximate surface area is 173 Å². The fraction of sp³-hybridized carbons (Fsp3) is 0.125. The Balaban J connectivity index is 1.59. The normalized spacial score (nSPS) is 14.0. The lowest BCUT2D eigenvalue weighted by atomic mass is 9.96. The van der Waals surface area contributed by atoms with Gasteiger partial charge in [0.1, 0.15) is 0 Å². The number of aromatic nitrogens is 3. The molecule has 0 radical (unpaired) electrons. The predicted molar refractivity (Wildman–Crippen MR) is 115 cm³/mol. The third-order valence-corrected chi connectivity index (χ3v) is 5.43. The van der Waals surface area contributed by atoms with Crippen LogP contribution < -0.4 is 5.32 Å². The Kier molecular flexibility index (Phi) is 4.52. The van der Waals surface area contributed by atoms with E-state index in [1.807, 2.05) is 77.9 Å². The molecule has 5 rings (SSSR count). The van der Waals surface area contributed by atoms with Crippen molar-refractivity contribution in [2.24, 2.45) is 0 Å². The lowest BCUT2D eigenvalue weighted by Crippen LogP contribution is -2.22. The first kappa shape index (κ1) is 18.1. The summed E-state index contributed by atoms with van der Waals surface area (Å²) in [5.41, 5.74) is 3.45. The van der Waals surface area contributed by atoms with E-state index < -0.39 is 0 Å². The van der Waals surface area contributed by atoms with Crippen LogP contribution in [0, 0.1) is 0 Å². The summed E-state index contributed by atoms with van der Waals surface area (Å²) in [6.07, 6.45) is 8.45. The van der Waals surface area contributed by atoms with E-state index >= 15 is 0 Å². The number of carbonyl (C=O) groups is 2. The number of imidazole rings is 1. The van der Waals surface area contributed by atoms with Crippen LogP contribution in [0.2, 0.25) is 0 Å². The third kappa shape index (κ3) is 3.12. The molecule has 0 bridgehead atoms. The molecule has 2 aromatic heterocycles. The summed E-state index contributed by atoms with van der Waals surface area (Å²) in [5.74, 6) is -0.696. The highest BCUT2D eigenvalue weighted by Crippen LogP contribution is 2.36. The Morgan fingerprint density at radius 3 is 2.43 bits per heavy atom. The van der Waals surface area contributed by atoms with Gasteiger partial charge in [0, 0.05) is 48.1 Å². The van der Waals surface area contributed by atoms with Crippen LogP contribution in [0.15, 0.2) is 79.5 Å². The summed E-state index contributed by atoms with van der Waals surface area (Å²) in [6.45, 7) is 1.65. The molecule has 2 amide bonds. The number of fused-ring (bicyclic) bond motifs is 1. The number of nitrogens with one attached hydrogen (secondary N) is 1. The first-order chi connectivity index (χ1) is 14.7. The van der Waals surface area contributed by atoms with Crippen molar-refractivity contribution in [1.82, 2.24) is 19.4 Å². The standard InChI is InChI=1S/C24H20N4O2/c29-23-21(17-7-2-1-3-8-17)22(24(30)26-23)19-15-28(20-10-5-4-9-18(19)20)13-6-12-27-14-11-25-16-27/h1-5,7-11,14-16H,6,12-13H2,(H,26,29,30). The topological polar surface area (TPSA) is 68.9 Å². The largest absolute Gasteiger partial charge is 0.347 e. The highest BCUT2D eigenvalue weighted by atomic mass is 16.2. The molecule has 0 atom stereocenters. The molecule has 148 valence electrons. The van der Waals surface area contributed by atoms with Gasteiger partial charge in [-0.3, -0.25) is 14.9 Å². The van der Waals surface area contributed by atoms with Crippen molar-refractivity contribution in [3.63, 3.8) is 0 Å². The molecule has 30 heavy (non-hydrogen) atoms. The van der Waals surface area contributed by atoms with E-state index in [2.05, 4.69) is 14.9 Å². The summed E-state index contributed by atoms with van der Waals surface area (Å²) in [5, 5.41) is 3.44. The van der Waals surface area contributed by atoms with Gasteiger partial charge in [-0.1, -0.05) is 48.5 Å². The third-order valence-electron chi connectivity index (χ3n) is 5.43. The summed E-state index contributed by atoms with van der Waals surface area (Å²) >= 11 is 0. The van der Waals surface area contributed by atoms with E-state index in [0.717, 1.165) is 41.5 Å². The van der Waals surface area contributed by atoms with Crippen molar-refractivity contribution in [2.75, 3.05) is 0 Å². The summed E-state index contributed by atoms with van der Waals surface area (Å²) < 4.78 is 4.21. The maximum Gasteiger partial charge on any atom is 0.259 e. The Bertz CT molecular complexity index is 1270. The molecule has 6 heteroatoms. The van der Waals surface area contributed by atoms with Crippen molar-refractivity contribution in [3.05, 3.63) is 90.6 Å². The van der Waals surface area contributed by atoms with Gasteiger partial charge in [-0.15, -0.1) is 0 Å². The molecule has 6 nitrogen and oxygen atoms in total. The van der Waals surface area contributed by atoms with Crippen LogP contribution >= 0.6 is 0 Å². The van der Waals surface area contributed by atoms with Crippen LogP contribution in [0.25, 0.3) is 22.0 Å². The number of carbonyl (C=O) groups excluding carboxylic acids is 2. The molecule has 0 fully saturated rings. The molecule has 0 spiro atoms. The fourth-order valence-electron chi connectivity index (χ4n) is 4.07. The average molecular weight is 396 g/mol. The highest BCUT2D eigenvalue weighted by molar-refractivity contribution is 6.50. The minimum absolute atomic E-state index is 0.347. The molecule has 0 unspecified atom stereocenters. The molecule has 0 aliphatic carbocycles. The van der Waals surface area contributed by atoms with Crippen molar-refractivity contribution < 1.29 is 9.59 Å². The Morgan fingerprint density at radius 2 is 1.63 bits per heavy atom. The Hall–Kier alpha value is -3.93. The van der Waals surface area contributed by atoms with Crippen molar-refractivity contribution in [2.45, 2.75) is 19.5 Å². The summed E-state index contributed by atoms with van der Waals surface area (Å²) in [6, 6.07) is 17.4. The van der Waals surface area contributed by atoms with Crippen molar-refractivity contribution >= 4 is 33.9 Å². The van der Waals surface area contributed by atoms with Gasteiger partial charge in [0.15, 0.2) is 0 Å². The van der Waals surface area contributed by atoms with E-state index in [4.69, 9.17) is 0 Å². The first-order valence-corrected chi connectivity index (χ1v) is 9.92. The maximum absolute atomic E-state index is 12.8. The number of para-hydroxylation sites is 1. The highest BCUT2D eigenvalue weighted by Gasteiger charge is 2.33. The zero-order valence-electron chi connectivity index (χ0n) is 16.3. The number of nitrogens with zero attached hydrogens (tertiary/aromatic N) is 3. The van der Waals surface area contributed by atoms with Crippen LogP contribution in [0.5, 0.6) is 0 Å². The van der Waals surface area contributed by atoms with Gasteiger partial charge in [-0.25, -0.2) is 4.98 Å². The van der Waals surface area contributed by atoms with E-state index in [0.29, 0.717) is 11.1 Å². The smallest absolute Gasteiger partial charge is 0.259 e. The fourth-order valence-corrected chi connectivity index (χ4v) is 4.07. The maximum atomic E-state index is 12.8. The van der Waals surface area contributed by atoms with Crippen LogP contribution in [-0.4, -0.2) is 25.9 Å². The van der Waals surface area contributed by atoms with Gasteiger partial charge in [0.25, 0.3) is 11.8 Å². The molecule has 1 aliphatic rings. The van der Waals surface area contributed by atoms with Gasteiger partial charge in [0.05, 0.1) is 17.5 Å². The zero-order chi connectivity index (χ0) is 20.5. The van der Waals surface area contributed by atoms with E-state index in [1.165, 1.54) is 0 Å². The van der Waals surface area contributed by atoms with E-state index in [-0.39, 0.29) is 11.8 Å². The number of amides is 2. The molecule has 0 saturated carbocycles. The minimum atomic E-state index is -0.349. The monoisotopic (exact) mass is 396 g/mol. The number of hydrogen-bond acceptors (Lipinski definition) is 3. The molecule has 1 N–H and O–H groups in total. The number of hydrogen-bond donors (Lipinski definition) is 1. The number of aryl methyl sites for hydroxylation is 2. The lowest BCUT2D eigenvalue weighted by molar-refractivity contribution is -0.122. The summed E-state index contributed by atoms with van der Waals surface area (Å²) in [4.78, 5) is 29.5. The van der Waals surface area contributed by atoms with Crippen LogP contribution in [0.4, 0.5) is 0 Å². The molecule has 1 aliphatic heterocycles. The van der Waals surface area contributed by atoms with Gasteiger partial charge < -0.3 is 9.13 Å². The minimum Gasteiger partial charge on any atom is -0.347 e. The SMILES string of the molecule is O=C1NC(=O)C(c2cn(CCCn3ccnc3)c3ccccc23)=C1c1ccccc1. The van der Waals surface area contributed by atoms with Gasteiger partial charge in [0.2, 0.25) is 0 Å². The Morgan fingerprint density at radius 1 is 0.867 bits per heavy atom. The molecule has 3 heterocycles. The number of rotatable bonds is 6. The summed E-state index contributed by atoms with van der Waals surface area (Å²) in [7, 11) is 0. The van der Waals surface area contributed by atoms with Crippen LogP contribution in [-0.2, 0) is 22.7 Å². The quantitative estimate of drug-likeness (QED) is 0.507. The molecule has 0 saturated heterocycles. The van der Waals surface area contributed by atoms with Crippen molar-refractivity contribution in [1.29, 1.82) is 0 Å². The van der Waals surface area contributed by atoms with Crippen LogP contribution in [0.1, 0.15) is 17.5 Å². The van der Waals surface area contributed by atoms with E-state index in [9.17, 15) is 9.59 Å². The second kappa shape index (κ2) is 7.48. The average Bonchev–Trinajstić information content (AvgIpc) is 3.47. The van der Waals surface area contributed by atoms with Crippen molar-refractivity contribution in [3.8, 4) is 0 Å². The number of benzene rings is 2. The van der Waals surface area contributed by atoms with Gasteiger partial charge in [-0.2, -0.15) is 0 Å². The first-order valence-electron chi connectivity index (χ1n) is 9.92. The van der Waals surface area contributed by atoms with E-state index in [1.54, 1.807) is 6.20 Å². The number of imide groups is 1. The second-order valence-electron chi connectivity index (χ2n) is 7.31. The predicted octanol–water partition coefficient (Wildman–Crippen LogP) is 3.50. The molecule has 2 aromatic carbocycles. The van der Waals surface area contributed by atoms with Crippen LogP contribution in [0.3, 0.4) is 0 Å².